The molecule has 0 aliphatic carbocycles. The highest BCUT2D eigenvalue weighted by Gasteiger charge is 2.48. The van der Waals surface area contributed by atoms with Crippen molar-refractivity contribution in [3.63, 3.8) is 0 Å². The molecule has 0 unspecified atom stereocenters. The lowest BCUT2D eigenvalue weighted by Gasteiger charge is -2.23. The quantitative estimate of drug-likeness (QED) is 0.183. The molecular formula is C28H23ClN2O4S. The lowest BCUT2D eigenvalue weighted by Crippen LogP contribution is -2.29. The summed E-state index contributed by atoms with van der Waals surface area (Å²) in [6, 6.07) is 16.8. The first-order valence-electron chi connectivity index (χ1n) is 11.5. The van der Waals surface area contributed by atoms with Crippen molar-refractivity contribution < 1.29 is 19.4 Å². The van der Waals surface area contributed by atoms with Crippen molar-refractivity contribution in [3.05, 3.63) is 93.5 Å². The molecule has 4 aromatic rings. The Morgan fingerprint density at radius 2 is 1.78 bits per heavy atom. The van der Waals surface area contributed by atoms with Gasteiger partial charge in [-0.25, -0.2) is 4.98 Å². The van der Waals surface area contributed by atoms with Crippen LogP contribution >= 0.6 is 22.9 Å². The largest absolute Gasteiger partial charge is 0.507 e. The van der Waals surface area contributed by atoms with Crippen LogP contribution < -0.4 is 9.64 Å². The second kappa shape index (κ2) is 9.41. The highest BCUT2D eigenvalue weighted by molar-refractivity contribution is 7.22. The van der Waals surface area contributed by atoms with Gasteiger partial charge >= 0.3 is 5.91 Å². The van der Waals surface area contributed by atoms with Crippen LogP contribution in [0.25, 0.3) is 16.0 Å². The van der Waals surface area contributed by atoms with Crippen LogP contribution in [0, 0.1) is 13.8 Å². The van der Waals surface area contributed by atoms with Gasteiger partial charge in [-0.2, -0.15) is 0 Å². The normalized spacial score (nSPS) is 17.2. The highest BCUT2D eigenvalue weighted by atomic mass is 35.5. The van der Waals surface area contributed by atoms with Gasteiger partial charge in [-0.1, -0.05) is 41.1 Å². The summed E-state index contributed by atoms with van der Waals surface area (Å²) in [5.74, 6) is -1.10. The van der Waals surface area contributed by atoms with Gasteiger partial charge in [0.05, 0.1) is 28.4 Å². The molecule has 182 valence electrons. The third kappa shape index (κ3) is 4.14. The number of hydrogen-bond donors (Lipinski definition) is 1. The number of rotatable bonds is 5. The third-order valence-electron chi connectivity index (χ3n) is 6.09. The minimum atomic E-state index is -0.863. The summed E-state index contributed by atoms with van der Waals surface area (Å²) in [7, 11) is 0. The molecule has 36 heavy (non-hydrogen) atoms. The maximum Gasteiger partial charge on any atom is 0.301 e. The lowest BCUT2D eigenvalue weighted by atomic mass is 9.95. The maximum atomic E-state index is 13.4. The van der Waals surface area contributed by atoms with Gasteiger partial charge in [0.25, 0.3) is 5.78 Å². The number of amides is 1. The van der Waals surface area contributed by atoms with Crippen molar-refractivity contribution in [2.75, 3.05) is 11.5 Å². The molecule has 0 spiro atoms. The van der Waals surface area contributed by atoms with Crippen LogP contribution in [-0.2, 0) is 9.59 Å². The monoisotopic (exact) mass is 518 g/mol. The Morgan fingerprint density at radius 1 is 1.08 bits per heavy atom. The number of nitrogens with zero attached hydrogens (tertiary/aromatic N) is 2. The van der Waals surface area contributed by atoms with E-state index >= 15 is 0 Å². The number of anilines is 1. The smallest absolute Gasteiger partial charge is 0.301 e. The number of carbonyl (C=O) groups excluding carboxylic acids is 2. The first-order valence-corrected chi connectivity index (χ1v) is 12.7. The number of ketones is 1. The molecule has 1 atom stereocenters. The summed E-state index contributed by atoms with van der Waals surface area (Å²) < 4.78 is 6.49. The van der Waals surface area contributed by atoms with Crippen LogP contribution in [0.1, 0.15) is 35.2 Å². The van der Waals surface area contributed by atoms with Gasteiger partial charge in [0.2, 0.25) is 0 Å². The number of ether oxygens (including phenoxy) is 1. The fourth-order valence-corrected chi connectivity index (χ4v) is 5.78. The molecule has 0 radical (unpaired) electrons. The van der Waals surface area contributed by atoms with E-state index in [1.165, 1.54) is 16.2 Å². The topological polar surface area (TPSA) is 79.7 Å². The number of hydrogen-bond acceptors (Lipinski definition) is 6. The van der Waals surface area contributed by atoms with E-state index in [1.54, 1.807) is 48.5 Å². The summed E-state index contributed by atoms with van der Waals surface area (Å²) in [6.45, 7) is 6.38. The van der Waals surface area contributed by atoms with Gasteiger partial charge in [0, 0.05) is 10.6 Å². The maximum absolute atomic E-state index is 13.4. The fourth-order valence-electron chi connectivity index (χ4n) is 4.48. The van der Waals surface area contributed by atoms with Crippen molar-refractivity contribution in [1.29, 1.82) is 0 Å². The second-order valence-corrected chi connectivity index (χ2v) is 10.0. The Balaban J connectivity index is 1.71. The van der Waals surface area contributed by atoms with Crippen molar-refractivity contribution in [3.8, 4) is 5.75 Å². The third-order valence-corrected chi connectivity index (χ3v) is 7.35. The molecule has 0 saturated carbocycles. The van der Waals surface area contributed by atoms with Gasteiger partial charge in [-0.15, -0.1) is 0 Å². The average Bonchev–Trinajstić information content (AvgIpc) is 3.38. The van der Waals surface area contributed by atoms with Crippen LogP contribution in [0.15, 0.2) is 66.2 Å². The number of halogens is 1. The fraction of sp³-hybridized carbons (Fsp3) is 0.179. The van der Waals surface area contributed by atoms with Gasteiger partial charge in [0.15, 0.2) is 5.13 Å². The zero-order valence-electron chi connectivity index (χ0n) is 19.9. The Hall–Kier alpha value is -3.68. The zero-order chi connectivity index (χ0) is 25.6. The molecule has 6 nitrogen and oxygen atoms in total. The Morgan fingerprint density at radius 3 is 2.44 bits per heavy atom. The molecule has 1 fully saturated rings. The van der Waals surface area contributed by atoms with E-state index < -0.39 is 17.7 Å². The Labute approximate surface area is 217 Å². The van der Waals surface area contributed by atoms with E-state index in [4.69, 9.17) is 21.3 Å². The molecule has 1 N–H and O–H groups in total. The van der Waals surface area contributed by atoms with Crippen LogP contribution in [-0.4, -0.2) is 28.4 Å². The number of benzene rings is 3. The molecule has 1 aliphatic heterocycles. The second-order valence-electron chi connectivity index (χ2n) is 8.60. The number of aromatic nitrogens is 1. The molecule has 0 bridgehead atoms. The molecular weight excluding hydrogens is 496 g/mol. The van der Waals surface area contributed by atoms with Crippen LogP contribution in [0.5, 0.6) is 5.75 Å². The minimum Gasteiger partial charge on any atom is -0.507 e. The van der Waals surface area contributed by atoms with E-state index in [1.807, 2.05) is 32.9 Å². The SMILES string of the molecule is CCOc1ccc([C@H]2C(=C(O)c3ccc(Cl)cc3)C(=O)C(=O)N2c2nc3c(C)cc(C)cc3s2)cc1. The summed E-state index contributed by atoms with van der Waals surface area (Å²) >= 11 is 7.36. The summed E-state index contributed by atoms with van der Waals surface area (Å²) in [4.78, 5) is 33.0. The van der Waals surface area contributed by atoms with Gasteiger partial charge in [-0.3, -0.25) is 14.5 Å². The number of aryl methyl sites for hydroxylation is 2. The van der Waals surface area contributed by atoms with Gasteiger partial charge in [0.1, 0.15) is 11.5 Å². The molecule has 1 aromatic heterocycles. The predicted molar refractivity (Wildman–Crippen MR) is 143 cm³/mol. The number of aliphatic hydroxyl groups excluding tert-OH is 1. The van der Waals surface area contributed by atoms with Crippen molar-refractivity contribution in [2.24, 2.45) is 0 Å². The number of aliphatic hydroxyl groups is 1. The molecule has 1 aliphatic rings. The Bertz CT molecular complexity index is 1520. The summed E-state index contributed by atoms with van der Waals surface area (Å²) in [5, 5.41) is 12.1. The molecule has 5 rings (SSSR count). The van der Waals surface area contributed by atoms with E-state index in [9.17, 15) is 14.7 Å². The predicted octanol–water partition coefficient (Wildman–Crippen LogP) is 6.59. The number of Topliss-reactive ketones (excluding diaryl/α,β-unsaturated/α-hetero) is 1. The lowest BCUT2D eigenvalue weighted by molar-refractivity contribution is -0.132. The van der Waals surface area contributed by atoms with E-state index in [-0.39, 0.29) is 11.3 Å². The van der Waals surface area contributed by atoms with Gasteiger partial charge < -0.3 is 9.84 Å². The standard InChI is InChI=1S/C28H23ClN2O4S/c1-4-35-20-11-7-17(8-12-20)24-22(25(32)18-5-9-19(29)10-6-18)26(33)27(34)31(24)28-30-23-16(3)13-15(2)14-21(23)36-28/h5-14,24,32H,4H2,1-3H3/t24-/m0/s1. The molecule has 1 amide bonds. The van der Waals surface area contributed by atoms with E-state index in [2.05, 4.69) is 0 Å². The first kappa shape index (κ1) is 24.0. The average molecular weight is 519 g/mol. The van der Waals surface area contributed by atoms with Crippen molar-refractivity contribution >= 4 is 55.7 Å². The van der Waals surface area contributed by atoms with Crippen LogP contribution in [0.4, 0.5) is 5.13 Å². The summed E-state index contributed by atoms with van der Waals surface area (Å²) in [5.41, 5.74) is 3.90. The summed E-state index contributed by atoms with van der Waals surface area (Å²) in [6.07, 6.45) is 0. The first-order chi connectivity index (χ1) is 17.3. The molecule has 3 aromatic carbocycles. The molecule has 2 heterocycles. The number of thiazole rings is 1. The molecule has 8 heteroatoms. The van der Waals surface area contributed by atoms with E-state index in [0.29, 0.717) is 33.6 Å². The minimum absolute atomic E-state index is 0.00126. The van der Waals surface area contributed by atoms with Crippen LogP contribution in [0.3, 0.4) is 0 Å². The van der Waals surface area contributed by atoms with Crippen LogP contribution in [0.2, 0.25) is 5.02 Å². The van der Waals surface area contributed by atoms with Gasteiger partial charge in [-0.05, 0) is 79.9 Å². The van der Waals surface area contributed by atoms with Crippen molar-refractivity contribution in [1.82, 2.24) is 4.98 Å². The Kier molecular flexibility index (Phi) is 6.28. The number of carbonyl (C=O) groups is 2. The highest BCUT2D eigenvalue weighted by Crippen LogP contribution is 2.45. The molecule has 1 saturated heterocycles. The number of fused-ring (bicyclic) bond motifs is 1. The van der Waals surface area contributed by atoms with Crippen molar-refractivity contribution in [2.45, 2.75) is 26.8 Å². The zero-order valence-corrected chi connectivity index (χ0v) is 21.5. The van der Waals surface area contributed by atoms with E-state index in [0.717, 1.165) is 21.3 Å².